The predicted octanol–water partition coefficient (Wildman–Crippen LogP) is 4.84. The van der Waals surface area contributed by atoms with Gasteiger partial charge in [0, 0.05) is 41.9 Å². The third-order valence-electron chi connectivity index (χ3n) is 5.83. The molecule has 7 heteroatoms. The molecule has 7 nitrogen and oxygen atoms in total. The molecule has 1 saturated carbocycles. The van der Waals surface area contributed by atoms with Crippen LogP contribution in [-0.2, 0) is 9.53 Å². The summed E-state index contributed by atoms with van der Waals surface area (Å²) in [5.74, 6) is 0.139. The van der Waals surface area contributed by atoms with Gasteiger partial charge in [-0.05, 0) is 75.9 Å². The highest BCUT2D eigenvalue weighted by Crippen LogP contribution is 2.41. The molecule has 4 rings (SSSR count). The standard InChI is InChI=1S/C26H31N3O4/c1-26(2,3)33-25(32)28-22-16-21(22)17-10-12-19(13-11-17)27-24(31)18-7-6-8-20(15-18)29-14-5-4-9-23(29)30/h6-8,10-13,15,21-22H,4-5,9,14,16H2,1-3H3,(H,27,31)(H,28,32)/t21-,22+/m0/s1. The van der Waals surface area contributed by atoms with Crippen LogP contribution in [-0.4, -0.2) is 36.1 Å². The van der Waals surface area contributed by atoms with E-state index in [1.54, 1.807) is 23.1 Å². The first-order valence-corrected chi connectivity index (χ1v) is 11.5. The van der Waals surface area contributed by atoms with E-state index in [4.69, 9.17) is 4.74 Å². The van der Waals surface area contributed by atoms with E-state index in [1.807, 2.05) is 51.1 Å². The second-order valence-corrected chi connectivity index (χ2v) is 9.72. The lowest BCUT2D eigenvalue weighted by Crippen LogP contribution is -2.35. The van der Waals surface area contributed by atoms with E-state index in [0.717, 1.165) is 30.5 Å². The van der Waals surface area contributed by atoms with Crippen LogP contribution in [0.15, 0.2) is 48.5 Å². The highest BCUT2D eigenvalue weighted by molar-refractivity contribution is 6.05. The van der Waals surface area contributed by atoms with Crippen molar-refractivity contribution in [3.8, 4) is 0 Å². The summed E-state index contributed by atoms with van der Waals surface area (Å²) >= 11 is 0. The van der Waals surface area contributed by atoms with Gasteiger partial charge < -0.3 is 20.3 Å². The molecule has 33 heavy (non-hydrogen) atoms. The Morgan fingerprint density at radius 3 is 2.52 bits per heavy atom. The van der Waals surface area contributed by atoms with Gasteiger partial charge in [-0.1, -0.05) is 18.2 Å². The Kier molecular flexibility index (Phi) is 6.40. The number of anilines is 2. The fourth-order valence-electron chi connectivity index (χ4n) is 4.09. The number of carbonyl (C=O) groups excluding carboxylic acids is 3. The van der Waals surface area contributed by atoms with Gasteiger partial charge in [-0.15, -0.1) is 0 Å². The van der Waals surface area contributed by atoms with E-state index in [0.29, 0.717) is 24.2 Å². The summed E-state index contributed by atoms with van der Waals surface area (Å²) in [4.78, 5) is 38.7. The van der Waals surface area contributed by atoms with Crippen LogP contribution in [0.5, 0.6) is 0 Å². The number of ether oxygens (including phenoxy) is 1. The van der Waals surface area contributed by atoms with E-state index in [1.165, 1.54) is 0 Å². The number of amides is 3. The second kappa shape index (κ2) is 9.25. The molecule has 2 aliphatic rings. The van der Waals surface area contributed by atoms with Gasteiger partial charge in [-0.2, -0.15) is 0 Å². The monoisotopic (exact) mass is 449 g/mol. The average molecular weight is 450 g/mol. The van der Waals surface area contributed by atoms with Gasteiger partial charge in [0.25, 0.3) is 5.91 Å². The summed E-state index contributed by atoms with van der Waals surface area (Å²) in [5.41, 5.74) is 2.57. The first-order chi connectivity index (χ1) is 15.7. The van der Waals surface area contributed by atoms with Gasteiger partial charge >= 0.3 is 6.09 Å². The molecular weight excluding hydrogens is 418 g/mol. The topological polar surface area (TPSA) is 87.7 Å². The van der Waals surface area contributed by atoms with Gasteiger partial charge in [-0.3, -0.25) is 9.59 Å². The predicted molar refractivity (Wildman–Crippen MR) is 128 cm³/mol. The molecule has 0 spiro atoms. The van der Waals surface area contributed by atoms with E-state index in [-0.39, 0.29) is 23.8 Å². The lowest BCUT2D eigenvalue weighted by Gasteiger charge is -2.27. The van der Waals surface area contributed by atoms with E-state index in [2.05, 4.69) is 10.6 Å². The lowest BCUT2D eigenvalue weighted by molar-refractivity contribution is -0.119. The number of nitrogens with one attached hydrogen (secondary N) is 2. The number of nitrogens with zero attached hydrogens (tertiary/aromatic N) is 1. The molecular formula is C26H31N3O4. The molecule has 1 aliphatic heterocycles. The van der Waals surface area contributed by atoms with E-state index < -0.39 is 11.7 Å². The maximum absolute atomic E-state index is 12.8. The quantitative estimate of drug-likeness (QED) is 0.684. The summed E-state index contributed by atoms with van der Waals surface area (Å²) in [6.07, 6.45) is 2.92. The molecule has 2 fully saturated rings. The molecule has 0 bridgehead atoms. The smallest absolute Gasteiger partial charge is 0.407 e. The average Bonchev–Trinajstić information content (AvgIpc) is 3.52. The van der Waals surface area contributed by atoms with Crippen LogP contribution in [0.25, 0.3) is 0 Å². The minimum absolute atomic E-state index is 0.0699. The highest BCUT2D eigenvalue weighted by atomic mass is 16.6. The van der Waals surface area contributed by atoms with Crippen molar-refractivity contribution in [2.45, 2.75) is 64.0 Å². The molecule has 1 saturated heterocycles. The van der Waals surface area contributed by atoms with Crippen LogP contribution in [0.4, 0.5) is 16.2 Å². The lowest BCUT2D eigenvalue weighted by atomic mass is 10.1. The van der Waals surface area contributed by atoms with Crippen molar-refractivity contribution in [1.82, 2.24) is 5.32 Å². The number of alkyl carbamates (subject to hydrolysis) is 1. The van der Waals surface area contributed by atoms with Gasteiger partial charge in [0.05, 0.1) is 0 Å². The second-order valence-electron chi connectivity index (χ2n) is 9.72. The van der Waals surface area contributed by atoms with Gasteiger partial charge in [0.1, 0.15) is 5.60 Å². The fraction of sp³-hybridized carbons (Fsp3) is 0.423. The van der Waals surface area contributed by atoms with Crippen LogP contribution >= 0.6 is 0 Å². The van der Waals surface area contributed by atoms with Gasteiger partial charge in [0.15, 0.2) is 0 Å². The third-order valence-corrected chi connectivity index (χ3v) is 5.83. The number of benzene rings is 2. The molecule has 174 valence electrons. The first-order valence-electron chi connectivity index (χ1n) is 11.5. The zero-order valence-corrected chi connectivity index (χ0v) is 19.4. The molecule has 2 atom stereocenters. The first kappa shape index (κ1) is 22.8. The summed E-state index contributed by atoms with van der Waals surface area (Å²) in [7, 11) is 0. The Morgan fingerprint density at radius 2 is 1.82 bits per heavy atom. The van der Waals surface area contributed by atoms with Gasteiger partial charge in [0.2, 0.25) is 5.91 Å². The molecule has 2 N–H and O–H groups in total. The van der Waals surface area contributed by atoms with Crippen molar-refractivity contribution in [3.05, 3.63) is 59.7 Å². The van der Waals surface area contributed by atoms with Crippen molar-refractivity contribution in [2.75, 3.05) is 16.8 Å². The van der Waals surface area contributed by atoms with E-state index in [9.17, 15) is 14.4 Å². The maximum Gasteiger partial charge on any atom is 0.407 e. The number of carbonyl (C=O) groups is 3. The third kappa shape index (κ3) is 5.92. The highest BCUT2D eigenvalue weighted by Gasteiger charge is 2.40. The zero-order chi connectivity index (χ0) is 23.6. The minimum atomic E-state index is -0.517. The van der Waals surface area contributed by atoms with Crippen molar-refractivity contribution in [1.29, 1.82) is 0 Å². The van der Waals surface area contributed by atoms with Crippen molar-refractivity contribution in [3.63, 3.8) is 0 Å². The van der Waals surface area contributed by atoms with Crippen molar-refractivity contribution in [2.24, 2.45) is 0 Å². The van der Waals surface area contributed by atoms with Crippen LogP contribution in [0.3, 0.4) is 0 Å². The van der Waals surface area contributed by atoms with Crippen molar-refractivity contribution < 1.29 is 19.1 Å². The number of rotatable bonds is 5. The Bertz CT molecular complexity index is 1040. The summed E-state index contributed by atoms with van der Waals surface area (Å²) < 4.78 is 5.31. The Balaban J connectivity index is 1.33. The number of hydrogen-bond donors (Lipinski definition) is 2. The normalized spacial score (nSPS) is 20.2. The van der Waals surface area contributed by atoms with Crippen LogP contribution in [0, 0.1) is 0 Å². The van der Waals surface area contributed by atoms with E-state index >= 15 is 0 Å². The van der Waals surface area contributed by atoms with Crippen molar-refractivity contribution >= 4 is 29.3 Å². The molecule has 3 amide bonds. The van der Waals surface area contributed by atoms with Gasteiger partial charge in [-0.25, -0.2) is 4.79 Å². The molecule has 2 aromatic rings. The van der Waals surface area contributed by atoms with Crippen LogP contribution < -0.4 is 15.5 Å². The largest absolute Gasteiger partial charge is 0.444 e. The van der Waals surface area contributed by atoms with Crippen LogP contribution in [0.1, 0.15) is 68.3 Å². The number of hydrogen-bond acceptors (Lipinski definition) is 4. The molecule has 0 radical (unpaired) electrons. The Hall–Kier alpha value is -3.35. The molecule has 0 aromatic heterocycles. The zero-order valence-electron chi connectivity index (χ0n) is 19.4. The van der Waals surface area contributed by atoms with Crippen LogP contribution in [0.2, 0.25) is 0 Å². The molecule has 1 aliphatic carbocycles. The SMILES string of the molecule is CC(C)(C)OC(=O)N[C@@H]1C[C@H]1c1ccc(NC(=O)c2cccc(N3CCCCC3=O)c2)cc1. The Labute approximate surface area is 194 Å². The summed E-state index contributed by atoms with van der Waals surface area (Å²) in [5, 5.41) is 5.83. The number of piperidine rings is 1. The fourth-order valence-corrected chi connectivity index (χ4v) is 4.09. The molecule has 1 heterocycles. The summed E-state index contributed by atoms with van der Waals surface area (Å²) in [6.45, 7) is 6.21. The molecule has 2 aromatic carbocycles. The Morgan fingerprint density at radius 1 is 1.06 bits per heavy atom. The summed E-state index contributed by atoms with van der Waals surface area (Å²) in [6, 6.07) is 14.9. The molecule has 0 unspecified atom stereocenters. The maximum atomic E-state index is 12.8. The minimum Gasteiger partial charge on any atom is -0.444 e.